The van der Waals surface area contributed by atoms with Gasteiger partial charge in [-0.2, -0.15) is 0 Å². The van der Waals surface area contributed by atoms with Gasteiger partial charge < -0.3 is 20.0 Å². The van der Waals surface area contributed by atoms with Gasteiger partial charge in [0, 0.05) is 10.7 Å². The van der Waals surface area contributed by atoms with E-state index >= 15 is 0 Å². The molecule has 0 amide bonds. The molecule has 0 radical (unpaired) electrons. The molecule has 1 aromatic rings. The first-order chi connectivity index (χ1) is 11.0. The van der Waals surface area contributed by atoms with E-state index in [1.165, 1.54) is 27.7 Å². The monoisotopic (exact) mass is 353 g/mol. The Bertz CT molecular complexity index is 661. The molecular weight excluding hydrogens is 334 g/mol. The highest BCUT2D eigenvalue weighted by molar-refractivity contribution is 6.30. The number of rotatable bonds is 7. The van der Waals surface area contributed by atoms with E-state index in [2.05, 4.69) is 0 Å². The van der Waals surface area contributed by atoms with Crippen LogP contribution in [0.4, 0.5) is 0 Å². The second-order valence-corrected chi connectivity index (χ2v) is 6.08. The zero-order valence-corrected chi connectivity index (χ0v) is 14.7. The minimum absolute atomic E-state index is 0.104. The summed E-state index contributed by atoms with van der Waals surface area (Å²) in [6.07, 6.45) is 0. The molecule has 0 aliphatic heterocycles. The fraction of sp³-hybridized carbons (Fsp3) is 0.353. The summed E-state index contributed by atoms with van der Waals surface area (Å²) >= 11 is 5.79. The molecule has 0 atom stereocenters. The van der Waals surface area contributed by atoms with Crippen LogP contribution in [0.5, 0.6) is 5.75 Å². The zero-order chi connectivity index (χ0) is 18.5. The predicted molar refractivity (Wildman–Crippen MR) is 90.9 cm³/mol. The first kappa shape index (κ1) is 19.7. The van der Waals surface area contributed by atoms with Gasteiger partial charge in [-0.3, -0.25) is 4.79 Å². The van der Waals surface area contributed by atoms with Crippen LogP contribution in [0.3, 0.4) is 0 Å². The summed E-state index contributed by atoms with van der Waals surface area (Å²) < 4.78 is 10.6. The van der Waals surface area contributed by atoms with Gasteiger partial charge in [0.25, 0.3) is 0 Å². The van der Waals surface area contributed by atoms with Crippen molar-refractivity contribution in [3.63, 3.8) is 0 Å². The highest BCUT2D eigenvalue weighted by atomic mass is 35.5. The summed E-state index contributed by atoms with van der Waals surface area (Å²) in [5.41, 5.74) is -1.59. The Balaban J connectivity index is 2.78. The standard InChI is InChI=1S/C17H20ClNO5/c1-10(19)15(11(2)20)14(21)9-23-16(22)17(3,4)24-13-7-5-12(18)6-8-13/h5-8,19,21H,9H2,1-4H3/b15-14+,19-10?. The first-order valence-electron chi connectivity index (χ1n) is 7.15. The van der Waals surface area contributed by atoms with Crippen molar-refractivity contribution in [3.05, 3.63) is 40.6 Å². The van der Waals surface area contributed by atoms with Crippen molar-refractivity contribution in [2.24, 2.45) is 0 Å². The highest BCUT2D eigenvalue weighted by Gasteiger charge is 2.32. The molecule has 1 rings (SSSR count). The van der Waals surface area contributed by atoms with Gasteiger partial charge in [-0.05, 0) is 52.0 Å². The molecule has 0 unspecified atom stereocenters. The molecule has 130 valence electrons. The maximum absolute atomic E-state index is 12.2. The van der Waals surface area contributed by atoms with E-state index in [1.807, 2.05) is 0 Å². The number of aliphatic hydroxyl groups is 1. The van der Waals surface area contributed by atoms with Crippen molar-refractivity contribution < 1.29 is 24.2 Å². The van der Waals surface area contributed by atoms with Gasteiger partial charge in [0.15, 0.2) is 11.4 Å². The summed E-state index contributed by atoms with van der Waals surface area (Å²) in [6.45, 7) is 5.09. The van der Waals surface area contributed by atoms with E-state index in [-0.39, 0.29) is 11.3 Å². The van der Waals surface area contributed by atoms with Crippen LogP contribution in [0, 0.1) is 5.41 Å². The Hall–Kier alpha value is -2.34. The molecule has 0 bridgehead atoms. The maximum atomic E-state index is 12.2. The third kappa shape index (κ3) is 5.38. The second-order valence-electron chi connectivity index (χ2n) is 5.65. The van der Waals surface area contributed by atoms with Crippen LogP contribution in [0.25, 0.3) is 0 Å². The van der Waals surface area contributed by atoms with Crippen LogP contribution < -0.4 is 4.74 Å². The Kier molecular flexibility index (Phi) is 6.54. The van der Waals surface area contributed by atoms with E-state index < -0.39 is 29.7 Å². The normalized spacial score (nSPS) is 12.2. The summed E-state index contributed by atoms with van der Waals surface area (Å²) in [7, 11) is 0. The van der Waals surface area contributed by atoms with Gasteiger partial charge in [0.1, 0.15) is 18.1 Å². The molecular formula is C17H20ClNO5. The van der Waals surface area contributed by atoms with Gasteiger partial charge in [-0.25, -0.2) is 4.79 Å². The Morgan fingerprint density at radius 2 is 1.75 bits per heavy atom. The molecule has 0 heterocycles. The zero-order valence-electron chi connectivity index (χ0n) is 14.0. The molecule has 7 heteroatoms. The van der Waals surface area contributed by atoms with Crippen molar-refractivity contribution >= 4 is 29.1 Å². The number of Topliss-reactive ketones (excluding diaryl/α,β-unsaturated/α-hetero) is 1. The lowest BCUT2D eigenvalue weighted by molar-refractivity contribution is -0.159. The Labute approximate surface area is 145 Å². The number of carbonyl (C=O) groups excluding carboxylic acids is 2. The Morgan fingerprint density at radius 3 is 2.21 bits per heavy atom. The number of nitrogens with one attached hydrogen (secondary N) is 1. The number of ketones is 1. The molecule has 0 saturated carbocycles. The summed E-state index contributed by atoms with van der Waals surface area (Å²) in [6, 6.07) is 6.47. The van der Waals surface area contributed by atoms with E-state index in [0.29, 0.717) is 10.8 Å². The minimum atomic E-state index is -1.32. The molecule has 0 aliphatic rings. The number of esters is 1. The molecule has 0 saturated heterocycles. The van der Waals surface area contributed by atoms with Crippen LogP contribution in [0.2, 0.25) is 5.02 Å². The molecule has 1 aromatic carbocycles. The molecule has 0 aromatic heterocycles. The lowest BCUT2D eigenvalue weighted by Crippen LogP contribution is -2.40. The smallest absolute Gasteiger partial charge is 0.350 e. The fourth-order valence-electron chi connectivity index (χ4n) is 1.90. The van der Waals surface area contributed by atoms with Gasteiger partial charge in [0.2, 0.25) is 0 Å². The fourth-order valence-corrected chi connectivity index (χ4v) is 2.03. The van der Waals surface area contributed by atoms with E-state index in [0.717, 1.165) is 0 Å². The number of ether oxygens (including phenoxy) is 2. The Morgan fingerprint density at radius 1 is 1.21 bits per heavy atom. The summed E-state index contributed by atoms with van der Waals surface area (Å²) in [5.74, 6) is -1.24. The van der Waals surface area contributed by atoms with Crippen molar-refractivity contribution in [1.82, 2.24) is 0 Å². The van der Waals surface area contributed by atoms with E-state index in [4.69, 9.17) is 26.5 Å². The quantitative estimate of drug-likeness (QED) is 0.338. The average molecular weight is 354 g/mol. The van der Waals surface area contributed by atoms with Crippen molar-refractivity contribution in [1.29, 1.82) is 5.41 Å². The number of hydrogen-bond donors (Lipinski definition) is 2. The van der Waals surface area contributed by atoms with Crippen LogP contribution in [-0.4, -0.2) is 34.8 Å². The third-order valence-electron chi connectivity index (χ3n) is 3.03. The van der Waals surface area contributed by atoms with Gasteiger partial charge in [0.05, 0.1) is 5.57 Å². The second kappa shape index (κ2) is 7.97. The van der Waals surface area contributed by atoms with Crippen molar-refractivity contribution in [2.75, 3.05) is 6.61 Å². The number of allylic oxidation sites excluding steroid dienone is 1. The molecule has 6 nitrogen and oxygen atoms in total. The first-order valence-corrected chi connectivity index (χ1v) is 7.52. The average Bonchev–Trinajstić information content (AvgIpc) is 2.46. The molecule has 0 spiro atoms. The third-order valence-corrected chi connectivity index (χ3v) is 3.29. The number of aliphatic hydroxyl groups excluding tert-OH is 1. The molecule has 0 fully saturated rings. The topological polar surface area (TPSA) is 96.7 Å². The molecule has 2 N–H and O–H groups in total. The van der Waals surface area contributed by atoms with Gasteiger partial charge >= 0.3 is 5.97 Å². The van der Waals surface area contributed by atoms with Crippen LogP contribution in [-0.2, 0) is 14.3 Å². The van der Waals surface area contributed by atoms with Crippen molar-refractivity contribution in [2.45, 2.75) is 33.3 Å². The van der Waals surface area contributed by atoms with Gasteiger partial charge in [-0.1, -0.05) is 11.6 Å². The lowest BCUT2D eigenvalue weighted by Gasteiger charge is -2.24. The SMILES string of the molecule is CC(=N)/C(C(C)=O)=C(\O)COC(=O)C(C)(C)Oc1ccc(Cl)cc1. The molecule has 0 aliphatic carbocycles. The lowest BCUT2D eigenvalue weighted by atomic mass is 10.1. The van der Waals surface area contributed by atoms with Crippen LogP contribution in [0.15, 0.2) is 35.6 Å². The van der Waals surface area contributed by atoms with Crippen LogP contribution >= 0.6 is 11.6 Å². The number of hydrogen-bond acceptors (Lipinski definition) is 6. The van der Waals surface area contributed by atoms with E-state index in [9.17, 15) is 14.7 Å². The number of halogens is 1. The minimum Gasteiger partial charge on any atom is -0.508 e. The largest absolute Gasteiger partial charge is 0.508 e. The number of carbonyl (C=O) groups is 2. The predicted octanol–water partition coefficient (Wildman–Crippen LogP) is 3.48. The van der Waals surface area contributed by atoms with Gasteiger partial charge in [-0.15, -0.1) is 0 Å². The van der Waals surface area contributed by atoms with Crippen LogP contribution in [0.1, 0.15) is 27.7 Å². The highest BCUT2D eigenvalue weighted by Crippen LogP contribution is 2.22. The summed E-state index contributed by atoms with van der Waals surface area (Å²) in [4.78, 5) is 23.6. The van der Waals surface area contributed by atoms with E-state index in [1.54, 1.807) is 24.3 Å². The molecule has 24 heavy (non-hydrogen) atoms. The summed E-state index contributed by atoms with van der Waals surface area (Å²) in [5, 5.41) is 17.9. The van der Waals surface area contributed by atoms with Crippen molar-refractivity contribution in [3.8, 4) is 5.75 Å². The number of benzene rings is 1. The maximum Gasteiger partial charge on any atom is 0.350 e.